The smallest absolute Gasteiger partial charge is 0.306 e. The van der Waals surface area contributed by atoms with E-state index in [-0.39, 0.29) is 11.8 Å². The Hall–Kier alpha value is -1.58. The van der Waals surface area contributed by atoms with Crippen LogP contribution in [0.1, 0.15) is 18.4 Å². The highest BCUT2D eigenvalue weighted by Crippen LogP contribution is 2.37. The Balaban J connectivity index is 2.04. The van der Waals surface area contributed by atoms with Gasteiger partial charge in [-0.3, -0.25) is 9.78 Å². The van der Waals surface area contributed by atoms with Crippen LogP contribution < -0.4 is 5.73 Å². The van der Waals surface area contributed by atoms with Crippen LogP contribution in [0.15, 0.2) is 18.5 Å². The lowest BCUT2D eigenvalue weighted by molar-refractivity contribution is -0.147. The molecule has 15 heavy (non-hydrogen) atoms. The second-order valence-electron chi connectivity index (χ2n) is 4.06. The number of nitrogens with two attached hydrogens (primary N) is 1. The molecule has 80 valence electrons. The van der Waals surface area contributed by atoms with Crippen molar-refractivity contribution in [1.29, 1.82) is 0 Å². The quantitative estimate of drug-likeness (QED) is 0.781. The fourth-order valence-corrected chi connectivity index (χ4v) is 2.03. The van der Waals surface area contributed by atoms with E-state index >= 15 is 0 Å². The average molecular weight is 206 g/mol. The van der Waals surface area contributed by atoms with Gasteiger partial charge in [-0.25, -0.2) is 0 Å². The molecule has 1 saturated carbocycles. The highest BCUT2D eigenvalue weighted by molar-refractivity contribution is 5.71. The first-order valence-electron chi connectivity index (χ1n) is 5.09. The van der Waals surface area contributed by atoms with E-state index in [2.05, 4.69) is 4.98 Å². The van der Waals surface area contributed by atoms with Crippen LogP contribution in [0, 0.1) is 11.8 Å². The molecule has 1 aliphatic carbocycles. The Morgan fingerprint density at radius 1 is 1.60 bits per heavy atom. The maximum absolute atomic E-state index is 10.8. The third-order valence-corrected chi connectivity index (χ3v) is 3.16. The third-order valence-electron chi connectivity index (χ3n) is 3.16. The number of carbonyl (C=O) groups is 1. The summed E-state index contributed by atoms with van der Waals surface area (Å²) in [4.78, 5) is 14.8. The molecule has 0 saturated heterocycles. The zero-order chi connectivity index (χ0) is 10.8. The maximum atomic E-state index is 10.8. The summed E-state index contributed by atoms with van der Waals surface area (Å²) >= 11 is 0. The molecule has 1 aromatic heterocycles. The van der Waals surface area contributed by atoms with Gasteiger partial charge in [-0.2, -0.15) is 0 Å². The van der Waals surface area contributed by atoms with Gasteiger partial charge in [0.15, 0.2) is 0 Å². The largest absolute Gasteiger partial charge is 0.481 e. The number of nitrogens with zero attached hydrogens (tertiary/aromatic N) is 1. The normalized spacial score (nSPS) is 24.5. The number of hydrogen-bond donors (Lipinski definition) is 2. The van der Waals surface area contributed by atoms with Crippen LogP contribution in [0.4, 0.5) is 5.69 Å². The number of carboxylic acid groups (broad SMARTS) is 1. The Kier molecular flexibility index (Phi) is 2.58. The number of aliphatic carboxylic acids is 1. The molecule has 0 spiro atoms. The van der Waals surface area contributed by atoms with Gasteiger partial charge < -0.3 is 10.8 Å². The van der Waals surface area contributed by atoms with Gasteiger partial charge in [0.05, 0.1) is 5.92 Å². The van der Waals surface area contributed by atoms with E-state index in [1.807, 2.05) is 0 Å². The summed E-state index contributed by atoms with van der Waals surface area (Å²) in [5.74, 6) is -0.646. The molecule has 2 atom stereocenters. The number of aromatic nitrogens is 1. The summed E-state index contributed by atoms with van der Waals surface area (Å²) in [6, 6.07) is 1.75. The molecular weight excluding hydrogens is 192 g/mol. The lowest BCUT2D eigenvalue weighted by Gasteiger charge is -2.33. The zero-order valence-corrected chi connectivity index (χ0v) is 8.39. The minimum atomic E-state index is -0.686. The molecule has 1 fully saturated rings. The first-order chi connectivity index (χ1) is 7.18. The molecule has 2 unspecified atom stereocenters. The maximum Gasteiger partial charge on any atom is 0.306 e. The van der Waals surface area contributed by atoms with Crippen LogP contribution >= 0.6 is 0 Å². The number of hydrogen-bond acceptors (Lipinski definition) is 3. The number of rotatable bonds is 3. The van der Waals surface area contributed by atoms with E-state index < -0.39 is 5.97 Å². The first-order valence-corrected chi connectivity index (χ1v) is 5.09. The monoisotopic (exact) mass is 206 g/mol. The summed E-state index contributed by atoms with van der Waals surface area (Å²) in [6.07, 6.45) is 5.88. The Morgan fingerprint density at radius 3 is 2.93 bits per heavy atom. The summed E-state index contributed by atoms with van der Waals surface area (Å²) < 4.78 is 0. The van der Waals surface area contributed by atoms with Crippen molar-refractivity contribution in [1.82, 2.24) is 4.98 Å². The topological polar surface area (TPSA) is 76.2 Å². The van der Waals surface area contributed by atoms with Gasteiger partial charge in [-0.05, 0) is 36.8 Å². The molecule has 1 aliphatic rings. The van der Waals surface area contributed by atoms with Crippen molar-refractivity contribution in [2.24, 2.45) is 11.8 Å². The van der Waals surface area contributed by atoms with Gasteiger partial charge in [0, 0.05) is 18.1 Å². The van der Waals surface area contributed by atoms with Gasteiger partial charge >= 0.3 is 5.97 Å². The van der Waals surface area contributed by atoms with Crippen LogP contribution in [-0.4, -0.2) is 16.1 Å². The number of carboxylic acids is 1. The van der Waals surface area contributed by atoms with Crippen LogP contribution in [-0.2, 0) is 11.2 Å². The fourth-order valence-electron chi connectivity index (χ4n) is 2.03. The van der Waals surface area contributed by atoms with Crippen molar-refractivity contribution in [2.75, 3.05) is 5.73 Å². The van der Waals surface area contributed by atoms with Gasteiger partial charge in [0.1, 0.15) is 0 Å². The minimum Gasteiger partial charge on any atom is -0.481 e. The predicted octanol–water partition coefficient (Wildman–Crippen LogP) is 1.32. The van der Waals surface area contributed by atoms with Crippen molar-refractivity contribution in [3.63, 3.8) is 0 Å². The van der Waals surface area contributed by atoms with Gasteiger partial charge in [0.25, 0.3) is 0 Å². The second-order valence-corrected chi connectivity index (χ2v) is 4.06. The molecule has 1 heterocycles. The summed E-state index contributed by atoms with van der Waals surface area (Å²) in [6.45, 7) is 0. The van der Waals surface area contributed by atoms with E-state index in [9.17, 15) is 4.79 Å². The van der Waals surface area contributed by atoms with Crippen molar-refractivity contribution in [3.8, 4) is 0 Å². The molecule has 4 heteroatoms. The van der Waals surface area contributed by atoms with E-state index in [1.54, 1.807) is 18.5 Å². The van der Waals surface area contributed by atoms with Crippen molar-refractivity contribution >= 4 is 11.7 Å². The number of nitrogen functional groups attached to an aromatic ring is 1. The molecule has 0 radical (unpaired) electrons. The van der Waals surface area contributed by atoms with Gasteiger partial charge in [-0.15, -0.1) is 0 Å². The average Bonchev–Trinajstić information content (AvgIpc) is 2.13. The van der Waals surface area contributed by atoms with Crippen LogP contribution in [0.25, 0.3) is 0 Å². The molecule has 0 amide bonds. The van der Waals surface area contributed by atoms with E-state index in [0.29, 0.717) is 5.69 Å². The molecule has 0 aliphatic heterocycles. The van der Waals surface area contributed by atoms with Gasteiger partial charge in [-0.1, -0.05) is 0 Å². The standard InChI is InChI=1S/C11H14N2O2/c12-10-3-4-13-6-8(10)5-7-1-2-9(7)11(14)15/h3-4,6-7,9H,1-2,5H2,(H2,12,13)(H,14,15). The Labute approximate surface area is 88.1 Å². The molecule has 0 bridgehead atoms. The molecule has 2 rings (SSSR count). The second kappa shape index (κ2) is 3.88. The molecule has 3 N–H and O–H groups in total. The van der Waals surface area contributed by atoms with Crippen LogP contribution in [0.2, 0.25) is 0 Å². The molecular formula is C11H14N2O2. The minimum absolute atomic E-state index is 0.190. The third kappa shape index (κ3) is 1.93. The Bertz CT molecular complexity index is 379. The van der Waals surface area contributed by atoms with Crippen molar-refractivity contribution in [2.45, 2.75) is 19.3 Å². The van der Waals surface area contributed by atoms with E-state index in [1.165, 1.54) is 0 Å². The first kappa shape index (κ1) is 9.96. The van der Waals surface area contributed by atoms with Crippen molar-refractivity contribution in [3.05, 3.63) is 24.0 Å². The number of pyridine rings is 1. The molecule has 0 aromatic carbocycles. The molecule has 4 nitrogen and oxygen atoms in total. The lowest BCUT2D eigenvalue weighted by Crippen LogP contribution is -2.34. The zero-order valence-electron chi connectivity index (χ0n) is 8.39. The van der Waals surface area contributed by atoms with E-state index in [4.69, 9.17) is 10.8 Å². The van der Waals surface area contributed by atoms with Gasteiger partial charge in [0.2, 0.25) is 0 Å². The predicted molar refractivity (Wildman–Crippen MR) is 56.2 cm³/mol. The highest BCUT2D eigenvalue weighted by Gasteiger charge is 2.36. The summed E-state index contributed by atoms with van der Waals surface area (Å²) in [7, 11) is 0. The van der Waals surface area contributed by atoms with E-state index in [0.717, 1.165) is 24.8 Å². The summed E-state index contributed by atoms with van der Waals surface area (Å²) in [5, 5.41) is 8.90. The number of anilines is 1. The Morgan fingerprint density at radius 2 is 2.40 bits per heavy atom. The van der Waals surface area contributed by atoms with Crippen LogP contribution in [0.5, 0.6) is 0 Å². The summed E-state index contributed by atoms with van der Waals surface area (Å²) in [5.41, 5.74) is 7.46. The fraction of sp³-hybridized carbons (Fsp3) is 0.455. The SMILES string of the molecule is Nc1ccncc1CC1CCC1C(=O)O. The molecule has 1 aromatic rings. The van der Waals surface area contributed by atoms with Crippen molar-refractivity contribution < 1.29 is 9.90 Å². The highest BCUT2D eigenvalue weighted by atomic mass is 16.4. The lowest BCUT2D eigenvalue weighted by atomic mass is 9.71. The van der Waals surface area contributed by atoms with Crippen LogP contribution in [0.3, 0.4) is 0 Å².